The minimum atomic E-state index is -0.981. The van der Waals surface area contributed by atoms with Gasteiger partial charge in [0.1, 0.15) is 0 Å². The van der Waals surface area contributed by atoms with Crippen molar-refractivity contribution in [3.63, 3.8) is 0 Å². The fourth-order valence-corrected chi connectivity index (χ4v) is 1.14. The van der Waals surface area contributed by atoms with Crippen LogP contribution in [-0.2, 0) is 28.7 Å². The molecule has 0 aliphatic heterocycles. The number of benzene rings is 1. The van der Waals surface area contributed by atoms with Crippen molar-refractivity contribution in [1.82, 2.24) is 0 Å². The maximum Gasteiger partial charge on any atom is 0.332 e. The van der Waals surface area contributed by atoms with Crippen LogP contribution in [0.3, 0.4) is 0 Å². The Kier molecular flexibility index (Phi) is 30.3. The van der Waals surface area contributed by atoms with Crippen LogP contribution in [0.5, 0.6) is 0 Å². The van der Waals surface area contributed by atoms with Gasteiger partial charge in [0.05, 0.1) is 13.7 Å². The maximum atomic E-state index is 10.3. The van der Waals surface area contributed by atoms with Gasteiger partial charge in [-0.05, 0) is 25.8 Å². The van der Waals surface area contributed by atoms with Crippen molar-refractivity contribution in [2.45, 2.75) is 33.6 Å². The van der Waals surface area contributed by atoms with Crippen LogP contribution >= 0.6 is 0 Å². The number of unbranched alkanes of at least 4 members (excludes halogenated alkanes) is 1. The SMILES string of the molecule is C=C(C)C(=O)O.C=C(C)C(=O)OC.C=CC(=O)O.C=CC(=O)OCCCC.C=Cc1ccccc1. The molecule has 0 saturated carbocycles. The third kappa shape index (κ3) is 37.4. The Morgan fingerprint density at radius 3 is 1.57 bits per heavy atom. The highest BCUT2D eigenvalue weighted by Crippen LogP contribution is 1.97. The quantitative estimate of drug-likeness (QED) is 0.278. The number of carbonyl (C=O) groups is 4. The fourth-order valence-electron chi connectivity index (χ4n) is 1.14. The number of ether oxygens (including phenoxy) is 2. The molecule has 0 amide bonds. The van der Waals surface area contributed by atoms with Gasteiger partial charge in [-0.1, -0.05) is 82.6 Å². The van der Waals surface area contributed by atoms with Gasteiger partial charge < -0.3 is 19.7 Å². The van der Waals surface area contributed by atoms with E-state index < -0.39 is 11.9 Å². The predicted octanol–water partition coefficient (Wildman–Crippen LogP) is 5.48. The molecule has 0 saturated heterocycles. The molecule has 0 unspecified atom stereocenters. The highest BCUT2D eigenvalue weighted by Gasteiger charge is 1.95. The second kappa shape index (κ2) is 27.8. The molecule has 1 rings (SSSR count). The summed E-state index contributed by atoms with van der Waals surface area (Å²) in [5.41, 5.74) is 1.78. The van der Waals surface area contributed by atoms with Crippen LogP contribution in [-0.4, -0.2) is 47.8 Å². The van der Waals surface area contributed by atoms with Gasteiger partial charge in [-0.3, -0.25) is 0 Å². The van der Waals surface area contributed by atoms with Gasteiger partial charge >= 0.3 is 23.9 Å². The zero-order chi connectivity index (χ0) is 28.2. The van der Waals surface area contributed by atoms with Gasteiger partial charge in [-0.25, -0.2) is 19.2 Å². The molecule has 0 radical (unpaired) electrons. The molecule has 8 heteroatoms. The molecule has 0 bridgehead atoms. The summed E-state index contributed by atoms with van der Waals surface area (Å²) in [6.45, 7) is 22.0. The standard InChI is InChI=1S/C8H8.C7H12O2.C5H8O2.C4H6O2.C3H4O2/c1-2-8-6-4-3-5-7-8;1-3-5-6-9-7(8)4-2;1-4(2)5(6)7-3;1-3(2)4(5)6;1-2-3(4)5/h2-7H,1H2;4H,2-3,5-6H2,1H3;1H2,2-3H3;1H2,2H3,(H,5,6);2H,1H2,(H,4,5). The summed E-state index contributed by atoms with van der Waals surface area (Å²) in [7, 11) is 1.33. The van der Waals surface area contributed by atoms with Crippen molar-refractivity contribution in [2.24, 2.45) is 0 Å². The third-order valence-electron chi connectivity index (χ3n) is 3.02. The Balaban J connectivity index is -0.000000174. The number of aliphatic carboxylic acids is 2. The summed E-state index contributed by atoms with van der Waals surface area (Å²) in [4.78, 5) is 39.4. The predicted molar refractivity (Wildman–Crippen MR) is 140 cm³/mol. The zero-order valence-corrected chi connectivity index (χ0v) is 21.1. The van der Waals surface area contributed by atoms with E-state index in [1.807, 2.05) is 43.3 Å². The van der Waals surface area contributed by atoms with Crippen molar-refractivity contribution in [3.8, 4) is 0 Å². The van der Waals surface area contributed by atoms with Gasteiger partial charge in [0.15, 0.2) is 0 Å². The van der Waals surface area contributed by atoms with E-state index >= 15 is 0 Å². The van der Waals surface area contributed by atoms with Crippen LogP contribution in [0.1, 0.15) is 39.2 Å². The Bertz CT molecular complexity index is 796. The van der Waals surface area contributed by atoms with E-state index in [4.69, 9.17) is 10.2 Å². The van der Waals surface area contributed by atoms with Crippen molar-refractivity contribution < 1.29 is 38.9 Å². The summed E-state index contributed by atoms with van der Waals surface area (Å²) < 4.78 is 8.95. The number of carboxylic acid groups (broad SMARTS) is 2. The first-order chi connectivity index (χ1) is 16.3. The molecule has 0 aliphatic carbocycles. The highest BCUT2D eigenvalue weighted by molar-refractivity contribution is 5.86. The summed E-state index contributed by atoms with van der Waals surface area (Å²) >= 11 is 0. The largest absolute Gasteiger partial charge is 0.478 e. The molecular weight excluding hydrogens is 452 g/mol. The van der Waals surface area contributed by atoms with E-state index in [9.17, 15) is 19.2 Å². The number of hydrogen-bond donors (Lipinski definition) is 2. The highest BCUT2D eigenvalue weighted by atomic mass is 16.5. The van der Waals surface area contributed by atoms with Gasteiger partial charge in [-0.2, -0.15) is 0 Å². The lowest BCUT2D eigenvalue weighted by Crippen LogP contribution is -2.00. The molecule has 8 nitrogen and oxygen atoms in total. The number of esters is 2. The topological polar surface area (TPSA) is 127 Å². The lowest BCUT2D eigenvalue weighted by Gasteiger charge is -1.97. The van der Waals surface area contributed by atoms with Crippen molar-refractivity contribution >= 4 is 30.0 Å². The Morgan fingerprint density at radius 1 is 0.914 bits per heavy atom. The van der Waals surface area contributed by atoms with E-state index in [0.717, 1.165) is 18.9 Å². The second-order valence-electron chi connectivity index (χ2n) is 6.24. The molecule has 2 N–H and O–H groups in total. The number of methoxy groups -OCH3 is 1. The molecule has 0 fully saturated rings. The Morgan fingerprint density at radius 2 is 1.37 bits per heavy atom. The normalized spacial score (nSPS) is 7.89. The van der Waals surface area contributed by atoms with Crippen LogP contribution in [0, 0.1) is 0 Å². The molecule has 0 aromatic heterocycles. The Labute approximate surface area is 208 Å². The van der Waals surface area contributed by atoms with Crippen molar-refractivity contribution in [3.05, 3.63) is 92.1 Å². The maximum absolute atomic E-state index is 10.3. The monoisotopic (exact) mass is 490 g/mol. The minimum Gasteiger partial charge on any atom is -0.478 e. The summed E-state index contributed by atoms with van der Waals surface area (Å²) in [6.07, 6.45) is 5.82. The smallest absolute Gasteiger partial charge is 0.332 e. The summed E-state index contributed by atoms with van der Waals surface area (Å²) in [6, 6.07) is 10.0. The lowest BCUT2D eigenvalue weighted by atomic mass is 10.2. The van der Waals surface area contributed by atoms with Crippen LogP contribution in [0.4, 0.5) is 0 Å². The van der Waals surface area contributed by atoms with E-state index in [0.29, 0.717) is 12.2 Å². The van der Waals surface area contributed by atoms with Crippen LogP contribution in [0.15, 0.2) is 86.5 Å². The molecule has 0 heterocycles. The molecule has 0 atom stereocenters. The average molecular weight is 491 g/mol. The first-order valence-corrected chi connectivity index (χ1v) is 10.3. The van der Waals surface area contributed by atoms with E-state index in [2.05, 4.69) is 42.4 Å². The summed E-state index contributed by atoms with van der Waals surface area (Å²) in [5, 5.41) is 15.5. The van der Waals surface area contributed by atoms with Crippen LogP contribution < -0.4 is 0 Å². The molecule has 35 heavy (non-hydrogen) atoms. The number of carbonyl (C=O) groups excluding carboxylic acids is 2. The molecule has 1 aromatic carbocycles. The summed E-state index contributed by atoms with van der Waals surface area (Å²) in [5.74, 6) is -2.59. The molecule has 1 aromatic rings. The van der Waals surface area contributed by atoms with Crippen molar-refractivity contribution in [1.29, 1.82) is 0 Å². The van der Waals surface area contributed by atoms with Gasteiger partial charge in [-0.15, -0.1) is 0 Å². The number of rotatable bonds is 8. The average Bonchev–Trinajstić information content (AvgIpc) is 2.85. The first-order valence-electron chi connectivity index (χ1n) is 10.3. The van der Waals surface area contributed by atoms with Gasteiger partial charge in [0, 0.05) is 23.3 Å². The molecular formula is C27H38O8. The van der Waals surface area contributed by atoms with Crippen LogP contribution in [0.25, 0.3) is 6.08 Å². The van der Waals surface area contributed by atoms with E-state index in [1.165, 1.54) is 25.7 Å². The van der Waals surface area contributed by atoms with Crippen molar-refractivity contribution in [2.75, 3.05) is 13.7 Å². The minimum absolute atomic E-state index is 0.176. The number of hydrogen-bond acceptors (Lipinski definition) is 6. The fraction of sp³-hybridized carbons (Fsp3) is 0.259. The van der Waals surface area contributed by atoms with Crippen LogP contribution in [0.2, 0.25) is 0 Å². The van der Waals surface area contributed by atoms with E-state index in [1.54, 1.807) is 6.92 Å². The second-order valence-corrected chi connectivity index (χ2v) is 6.24. The van der Waals surface area contributed by atoms with E-state index in [-0.39, 0.29) is 17.5 Å². The molecule has 0 spiro atoms. The Hall–Kier alpha value is -4.20. The molecule has 0 aliphatic rings. The molecule has 194 valence electrons. The first kappa shape index (κ1) is 38.1. The third-order valence-corrected chi connectivity index (χ3v) is 3.02. The zero-order valence-electron chi connectivity index (χ0n) is 21.1. The van der Waals surface area contributed by atoms with Gasteiger partial charge in [0.2, 0.25) is 0 Å². The lowest BCUT2D eigenvalue weighted by molar-refractivity contribution is -0.138. The van der Waals surface area contributed by atoms with Gasteiger partial charge in [0.25, 0.3) is 0 Å². The number of carboxylic acids is 2.